The van der Waals surface area contributed by atoms with Gasteiger partial charge in [-0.25, -0.2) is 0 Å². The summed E-state index contributed by atoms with van der Waals surface area (Å²) in [5.74, 6) is 0.747. The maximum absolute atomic E-state index is 12.7. The minimum atomic E-state index is -0.181. The highest BCUT2D eigenvalue weighted by atomic mass is 16.1. The third-order valence-corrected chi connectivity index (χ3v) is 5.20. The molecule has 0 saturated heterocycles. The van der Waals surface area contributed by atoms with Crippen molar-refractivity contribution in [1.29, 1.82) is 0 Å². The molecule has 1 aromatic carbocycles. The van der Waals surface area contributed by atoms with E-state index in [0.29, 0.717) is 11.6 Å². The molecule has 6 heteroatoms. The molecule has 3 aromatic rings. The Balaban J connectivity index is 1.53. The predicted molar refractivity (Wildman–Crippen MR) is 96.3 cm³/mol. The first-order valence-corrected chi connectivity index (χ1v) is 8.89. The quantitative estimate of drug-likeness (QED) is 0.794. The maximum Gasteiger partial charge on any atom is 0.251 e. The highest BCUT2D eigenvalue weighted by Gasteiger charge is 2.23. The van der Waals surface area contributed by atoms with Gasteiger partial charge in [0.1, 0.15) is 6.33 Å². The van der Waals surface area contributed by atoms with Gasteiger partial charge in [-0.3, -0.25) is 4.79 Å². The van der Waals surface area contributed by atoms with Crippen molar-refractivity contribution in [3.8, 4) is 0 Å². The van der Waals surface area contributed by atoms with Gasteiger partial charge in [0.05, 0.1) is 6.04 Å². The van der Waals surface area contributed by atoms with Gasteiger partial charge in [0.2, 0.25) is 0 Å². The summed E-state index contributed by atoms with van der Waals surface area (Å²) in [7, 11) is 1.98. The van der Waals surface area contributed by atoms with Crippen molar-refractivity contribution < 1.29 is 4.79 Å². The van der Waals surface area contributed by atoms with E-state index in [2.05, 4.69) is 20.1 Å². The van der Waals surface area contributed by atoms with Crippen LogP contribution in [0.15, 0.2) is 36.8 Å². The molecule has 1 fully saturated rings. The Kier molecular flexibility index (Phi) is 4.03. The molecule has 1 saturated carbocycles. The second-order valence-electron chi connectivity index (χ2n) is 6.93. The van der Waals surface area contributed by atoms with E-state index in [4.69, 9.17) is 0 Å². The number of benzene rings is 1. The van der Waals surface area contributed by atoms with Crippen LogP contribution in [0.4, 0.5) is 0 Å². The van der Waals surface area contributed by atoms with Crippen LogP contribution in [0.5, 0.6) is 0 Å². The SMILES string of the molecule is C[C@H](NC(=O)c1ccc2ccn(C)c2c1)c1nncn1C1CCCC1. The van der Waals surface area contributed by atoms with Gasteiger partial charge in [0.15, 0.2) is 5.82 Å². The van der Waals surface area contributed by atoms with Crippen LogP contribution in [0.3, 0.4) is 0 Å². The van der Waals surface area contributed by atoms with Crippen molar-refractivity contribution in [3.63, 3.8) is 0 Å². The van der Waals surface area contributed by atoms with Crippen molar-refractivity contribution in [1.82, 2.24) is 24.6 Å². The fraction of sp³-hybridized carbons (Fsp3) is 0.421. The van der Waals surface area contributed by atoms with Crippen molar-refractivity contribution in [2.45, 2.75) is 44.7 Å². The van der Waals surface area contributed by atoms with Gasteiger partial charge >= 0.3 is 0 Å². The molecule has 4 rings (SSSR count). The third-order valence-electron chi connectivity index (χ3n) is 5.20. The molecule has 1 amide bonds. The lowest BCUT2D eigenvalue weighted by Crippen LogP contribution is -2.29. The highest BCUT2D eigenvalue weighted by molar-refractivity contribution is 5.98. The first-order valence-electron chi connectivity index (χ1n) is 8.89. The summed E-state index contributed by atoms with van der Waals surface area (Å²) >= 11 is 0. The largest absolute Gasteiger partial charge is 0.351 e. The Morgan fingerprint density at radius 3 is 2.88 bits per heavy atom. The summed E-state index contributed by atoms with van der Waals surface area (Å²) in [5.41, 5.74) is 1.71. The topological polar surface area (TPSA) is 64.7 Å². The molecule has 1 aliphatic rings. The molecule has 1 aliphatic carbocycles. The van der Waals surface area contributed by atoms with Crippen LogP contribution in [-0.4, -0.2) is 25.2 Å². The number of rotatable bonds is 4. The van der Waals surface area contributed by atoms with E-state index in [1.165, 1.54) is 12.8 Å². The van der Waals surface area contributed by atoms with Crippen molar-refractivity contribution in [3.05, 3.63) is 48.2 Å². The van der Waals surface area contributed by atoms with E-state index in [9.17, 15) is 4.79 Å². The van der Waals surface area contributed by atoms with E-state index in [1.807, 2.05) is 49.0 Å². The normalized spacial score (nSPS) is 16.4. The molecule has 2 heterocycles. The van der Waals surface area contributed by atoms with E-state index < -0.39 is 0 Å². The Hall–Kier alpha value is -2.63. The first kappa shape index (κ1) is 15.9. The van der Waals surface area contributed by atoms with Crippen LogP contribution in [0.25, 0.3) is 10.9 Å². The average molecular weight is 337 g/mol. The lowest BCUT2D eigenvalue weighted by Gasteiger charge is -2.18. The van der Waals surface area contributed by atoms with Gasteiger partial charge in [-0.1, -0.05) is 18.9 Å². The molecular weight excluding hydrogens is 314 g/mol. The van der Waals surface area contributed by atoms with Gasteiger partial charge in [-0.2, -0.15) is 0 Å². The summed E-state index contributed by atoms with van der Waals surface area (Å²) in [4.78, 5) is 12.7. The minimum Gasteiger partial charge on any atom is -0.351 e. The number of nitrogens with zero attached hydrogens (tertiary/aromatic N) is 4. The summed E-state index contributed by atoms with van der Waals surface area (Å²) in [6.07, 6.45) is 8.62. The maximum atomic E-state index is 12.7. The van der Waals surface area contributed by atoms with Crippen molar-refractivity contribution in [2.75, 3.05) is 0 Å². The van der Waals surface area contributed by atoms with Crippen molar-refractivity contribution >= 4 is 16.8 Å². The number of fused-ring (bicyclic) bond motifs is 1. The fourth-order valence-corrected chi connectivity index (χ4v) is 3.77. The van der Waals surface area contributed by atoms with E-state index >= 15 is 0 Å². The lowest BCUT2D eigenvalue weighted by molar-refractivity contribution is 0.0937. The number of carbonyl (C=O) groups excluding carboxylic acids is 1. The van der Waals surface area contributed by atoms with E-state index in [0.717, 1.165) is 29.6 Å². The first-order chi connectivity index (χ1) is 12.1. The molecule has 2 aromatic heterocycles. The summed E-state index contributed by atoms with van der Waals surface area (Å²) in [5, 5.41) is 12.5. The number of hydrogen-bond acceptors (Lipinski definition) is 3. The Bertz CT molecular complexity index is 904. The van der Waals surface area contributed by atoms with Gasteiger partial charge < -0.3 is 14.5 Å². The molecular formula is C19H23N5O. The van der Waals surface area contributed by atoms with Gasteiger partial charge in [0, 0.05) is 30.4 Å². The number of aromatic nitrogens is 4. The Morgan fingerprint density at radius 1 is 1.28 bits per heavy atom. The molecule has 1 atom stereocenters. The van der Waals surface area contributed by atoms with Crippen molar-refractivity contribution in [2.24, 2.45) is 7.05 Å². The summed E-state index contributed by atoms with van der Waals surface area (Å²) in [6, 6.07) is 8.11. The van der Waals surface area contributed by atoms with Crippen LogP contribution >= 0.6 is 0 Å². The van der Waals surface area contributed by atoms with Gasteiger partial charge in [-0.15, -0.1) is 10.2 Å². The predicted octanol–water partition coefficient (Wildman–Crippen LogP) is 3.38. The van der Waals surface area contributed by atoms with Gasteiger partial charge in [-0.05, 0) is 43.4 Å². The van der Waals surface area contributed by atoms with Gasteiger partial charge in [0.25, 0.3) is 5.91 Å². The monoisotopic (exact) mass is 337 g/mol. The molecule has 0 bridgehead atoms. The van der Waals surface area contributed by atoms with E-state index in [1.54, 1.807) is 6.33 Å². The van der Waals surface area contributed by atoms with Crippen LogP contribution < -0.4 is 5.32 Å². The molecule has 0 radical (unpaired) electrons. The van der Waals surface area contributed by atoms with Crippen LogP contribution in [0.2, 0.25) is 0 Å². The molecule has 25 heavy (non-hydrogen) atoms. The molecule has 130 valence electrons. The lowest BCUT2D eigenvalue weighted by atomic mass is 10.1. The van der Waals surface area contributed by atoms with Crippen LogP contribution in [0.1, 0.15) is 60.9 Å². The summed E-state index contributed by atoms with van der Waals surface area (Å²) in [6.45, 7) is 1.97. The fourth-order valence-electron chi connectivity index (χ4n) is 3.77. The molecule has 0 unspecified atom stereocenters. The average Bonchev–Trinajstić information content (AvgIpc) is 3.35. The van der Waals surface area contributed by atoms with Crippen LogP contribution in [-0.2, 0) is 7.05 Å². The Morgan fingerprint density at radius 2 is 2.08 bits per heavy atom. The minimum absolute atomic E-state index is 0.0865. The number of amides is 1. The van der Waals surface area contributed by atoms with E-state index in [-0.39, 0.29) is 11.9 Å². The van der Waals surface area contributed by atoms with Crippen LogP contribution in [0, 0.1) is 0 Å². The zero-order valence-electron chi connectivity index (χ0n) is 14.6. The Labute approximate surface area is 146 Å². The number of carbonyl (C=O) groups is 1. The number of hydrogen-bond donors (Lipinski definition) is 1. The third kappa shape index (κ3) is 2.92. The summed E-state index contributed by atoms with van der Waals surface area (Å²) < 4.78 is 4.16. The molecule has 1 N–H and O–H groups in total. The molecule has 0 aliphatic heterocycles. The zero-order chi connectivity index (χ0) is 17.4. The zero-order valence-corrected chi connectivity index (χ0v) is 14.6. The second kappa shape index (κ2) is 6.35. The standard InChI is InChI=1S/C19H23N5O/c1-13(18-22-20-12-24(18)16-5-3-4-6-16)21-19(25)15-8-7-14-9-10-23(2)17(14)11-15/h7-13,16H,3-6H2,1-2H3,(H,21,25)/t13-/m0/s1. The number of nitrogens with one attached hydrogen (secondary N) is 1. The molecule has 0 spiro atoms. The smallest absolute Gasteiger partial charge is 0.251 e. The number of aryl methyl sites for hydroxylation is 1. The molecule has 6 nitrogen and oxygen atoms in total. The second-order valence-corrected chi connectivity index (χ2v) is 6.93. The highest BCUT2D eigenvalue weighted by Crippen LogP contribution is 2.31.